The topological polar surface area (TPSA) is 85.2 Å². The lowest BCUT2D eigenvalue weighted by atomic mass is 9.98. The summed E-state index contributed by atoms with van der Waals surface area (Å²) >= 11 is 0. The van der Waals surface area contributed by atoms with Crippen molar-refractivity contribution in [2.45, 2.75) is 6.04 Å². The van der Waals surface area contributed by atoms with Crippen LogP contribution in [0, 0.1) is 11.3 Å². The lowest BCUT2D eigenvalue weighted by Gasteiger charge is -2.34. The Kier molecular flexibility index (Phi) is 6.73. The van der Waals surface area contributed by atoms with Gasteiger partial charge in [-0.05, 0) is 17.2 Å². The fraction of sp³-hybridized carbons (Fsp3) is 0.200. The van der Waals surface area contributed by atoms with E-state index in [1.807, 2.05) is 65.6 Å². The number of amides is 1. The molecule has 1 aliphatic heterocycles. The van der Waals surface area contributed by atoms with Gasteiger partial charge in [0.1, 0.15) is 11.6 Å². The SMILES string of the molecule is N#C/C(=C/N1CCN(c2ncccn2)CC1)C(=O)NC(c1ccccc1)c1ccccc1. The van der Waals surface area contributed by atoms with Crippen molar-refractivity contribution in [3.8, 4) is 6.07 Å². The smallest absolute Gasteiger partial charge is 0.264 e. The van der Waals surface area contributed by atoms with Crippen LogP contribution in [0.5, 0.6) is 0 Å². The molecule has 3 aromatic rings. The maximum atomic E-state index is 13.0. The van der Waals surface area contributed by atoms with E-state index in [0.717, 1.165) is 24.2 Å². The third-order valence-electron chi connectivity index (χ3n) is 5.37. The molecular weight excluding hydrogens is 400 g/mol. The minimum atomic E-state index is -0.390. The highest BCUT2D eigenvalue weighted by atomic mass is 16.1. The number of anilines is 1. The van der Waals surface area contributed by atoms with Crippen LogP contribution < -0.4 is 10.2 Å². The maximum Gasteiger partial charge on any atom is 0.264 e. The van der Waals surface area contributed by atoms with E-state index in [-0.39, 0.29) is 17.5 Å². The lowest BCUT2D eigenvalue weighted by molar-refractivity contribution is -0.117. The molecule has 7 nitrogen and oxygen atoms in total. The first kappa shape index (κ1) is 21.1. The molecular formula is C25H24N6O. The van der Waals surface area contributed by atoms with Crippen molar-refractivity contribution < 1.29 is 4.79 Å². The van der Waals surface area contributed by atoms with E-state index in [0.29, 0.717) is 19.0 Å². The maximum absolute atomic E-state index is 13.0. The number of aromatic nitrogens is 2. The quantitative estimate of drug-likeness (QED) is 0.484. The standard InChI is InChI=1S/C25H24N6O/c26-18-22(19-30-14-16-31(17-15-30)25-27-12-7-13-28-25)24(32)29-23(20-8-3-1-4-9-20)21-10-5-2-6-11-21/h1-13,19,23H,14-17H2,(H,29,32)/b22-19-. The second-order valence-corrected chi connectivity index (χ2v) is 7.45. The Hall–Kier alpha value is -4.18. The van der Waals surface area contributed by atoms with Crippen molar-refractivity contribution in [2.75, 3.05) is 31.1 Å². The summed E-state index contributed by atoms with van der Waals surface area (Å²) in [6.45, 7) is 2.80. The molecule has 0 unspecified atom stereocenters. The van der Waals surface area contributed by atoms with Gasteiger partial charge in [0.25, 0.3) is 5.91 Å². The van der Waals surface area contributed by atoms with Crippen LogP contribution in [0.1, 0.15) is 17.2 Å². The third kappa shape index (κ3) is 5.10. The van der Waals surface area contributed by atoms with Gasteiger partial charge in [0.15, 0.2) is 0 Å². The summed E-state index contributed by atoms with van der Waals surface area (Å²) in [5.41, 5.74) is 2.01. The molecule has 1 aromatic heterocycles. The molecule has 1 N–H and O–H groups in total. The number of carbonyl (C=O) groups is 1. The van der Waals surface area contributed by atoms with Crippen LogP contribution in [-0.4, -0.2) is 47.0 Å². The summed E-state index contributed by atoms with van der Waals surface area (Å²) in [4.78, 5) is 25.7. The van der Waals surface area contributed by atoms with E-state index < -0.39 is 0 Å². The average Bonchev–Trinajstić information content (AvgIpc) is 2.87. The van der Waals surface area contributed by atoms with Gasteiger partial charge in [0.05, 0.1) is 6.04 Å². The summed E-state index contributed by atoms with van der Waals surface area (Å²) in [5.74, 6) is 0.307. The van der Waals surface area contributed by atoms with Crippen molar-refractivity contribution in [2.24, 2.45) is 0 Å². The molecule has 1 saturated heterocycles. The Morgan fingerprint density at radius 1 is 0.906 bits per heavy atom. The molecule has 0 bridgehead atoms. The average molecular weight is 425 g/mol. The van der Waals surface area contributed by atoms with Gasteiger partial charge in [-0.1, -0.05) is 60.7 Å². The van der Waals surface area contributed by atoms with Crippen LogP contribution in [0.3, 0.4) is 0 Å². The zero-order chi connectivity index (χ0) is 22.2. The van der Waals surface area contributed by atoms with Crippen molar-refractivity contribution in [3.05, 3.63) is 102 Å². The third-order valence-corrected chi connectivity index (χ3v) is 5.37. The fourth-order valence-electron chi connectivity index (χ4n) is 3.69. The van der Waals surface area contributed by atoms with Gasteiger partial charge in [0.2, 0.25) is 5.95 Å². The number of nitrogens with one attached hydrogen (secondary N) is 1. The first-order valence-corrected chi connectivity index (χ1v) is 10.5. The van der Waals surface area contributed by atoms with E-state index >= 15 is 0 Å². The van der Waals surface area contributed by atoms with E-state index in [9.17, 15) is 10.1 Å². The van der Waals surface area contributed by atoms with E-state index in [1.165, 1.54) is 0 Å². The number of hydrogen-bond acceptors (Lipinski definition) is 6. The Morgan fingerprint density at radius 3 is 2.00 bits per heavy atom. The summed E-state index contributed by atoms with van der Waals surface area (Å²) in [5, 5.41) is 12.7. The van der Waals surface area contributed by atoms with Gasteiger partial charge < -0.3 is 15.1 Å². The Balaban J connectivity index is 1.46. The first-order chi connectivity index (χ1) is 15.7. The minimum absolute atomic E-state index is 0.0891. The van der Waals surface area contributed by atoms with Gasteiger partial charge in [-0.3, -0.25) is 4.79 Å². The molecule has 0 atom stereocenters. The van der Waals surface area contributed by atoms with Crippen LogP contribution in [0.4, 0.5) is 5.95 Å². The van der Waals surface area contributed by atoms with Gasteiger partial charge in [-0.2, -0.15) is 5.26 Å². The van der Waals surface area contributed by atoms with Crippen LogP contribution in [0.2, 0.25) is 0 Å². The molecule has 4 rings (SSSR count). The van der Waals surface area contributed by atoms with E-state index in [2.05, 4.69) is 26.3 Å². The van der Waals surface area contributed by atoms with E-state index in [1.54, 1.807) is 24.7 Å². The molecule has 2 heterocycles. The Bertz CT molecular complexity index is 1050. The van der Waals surface area contributed by atoms with Gasteiger partial charge in [-0.25, -0.2) is 9.97 Å². The lowest BCUT2D eigenvalue weighted by Crippen LogP contribution is -2.45. The van der Waals surface area contributed by atoms with Gasteiger partial charge >= 0.3 is 0 Å². The minimum Gasteiger partial charge on any atom is -0.373 e. The molecule has 1 amide bonds. The van der Waals surface area contributed by atoms with Crippen LogP contribution in [-0.2, 0) is 4.79 Å². The fourth-order valence-corrected chi connectivity index (χ4v) is 3.69. The molecule has 32 heavy (non-hydrogen) atoms. The highest BCUT2D eigenvalue weighted by Crippen LogP contribution is 2.22. The molecule has 0 aliphatic carbocycles. The normalized spacial score (nSPS) is 14.2. The van der Waals surface area contributed by atoms with Crippen molar-refractivity contribution in [3.63, 3.8) is 0 Å². The van der Waals surface area contributed by atoms with Gasteiger partial charge in [0, 0.05) is 44.8 Å². The number of benzene rings is 2. The summed E-state index contributed by atoms with van der Waals surface area (Å²) in [7, 11) is 0. The van der Waals surface area contributed by atoms with Gasteiger partial charge in [-0.15, -0.1) is 0 Å². The van der Waals surface area contributed by atoms with Crippen molar-refractivity contribution in [1.29, 1.82) is 5.26 Å². The molecule has 1 aliphatic rings. The molecule has 1 fully saturated rings. The number of nitriles is 1. The largest absolute Gasteiger partial charge is 0.373 e. The molecule has 7 heteroatoms. The number of carbonyl (C=O) groups excluding carboxylic acids is 1. The monoisotopic (exact) mass is 424 g/mol. The van der Waals surface area contributed by atoms with Crippen LogP contribution in [0.15, 0.2) is 90.9 Å². The van der Waals surface area contributed by atoms with Crippen LogP contribution in [0.25, 0.3) is 0 Å². The van der Waals surface area contributed by atoms with Crippen LogP contribution >= 0.6 is 0 Å². The zero-order valence-electron chi connectivity index (χ0n) is 17.6. The zero-order valence-corrected chi connectivity index (χ0v) is 17.6. The molecule has 0 saturated carbocycles. The molecule has 2 aromatic carbocycles. The second kappa shape index (κ2) is 10.2. The predicted octanol–water partition coefficient (Wildman–Crippen LogP) is 2.91. The number of hydrogen-bond donors (Lipinski definition) is 1. The molecule has 160 valence electrons. The second-order valence-electron chi connectivity index (χ2n) is 7.45. The number of rotatable bonds is 6. The summed E-state index contributed by atoms with van der Waals surface area (Å²) in [6, 6.07) is 23.0. The first-order valence-electron chi connectivity index (χ1n) is 10.5. The summed E-state index contributed by atoms with van der Waals surface area (Å²) in [6.07, 6.45) is 5.11. The Morgan fingerprint density at radius 2 is 1.47 bits per heavy atom. The molecule has 0 radical (unpaired) electrons. The number of nitrogens with zero attached hydrogens (tertiary/aromatic N) is 5. The predicted molar refractivity (Wildman–Crippen MR) is 122 cm³/mol. The van der Waals surface area contributed by atoms with E-state index in [4.69, 9.17) is 0 Å². The highest BCUT2D eigenvalue weighted by Gasteiger charge is 2.22. The molecule has 0 spiro atoms. The van der Waals surface area contributed by atoms with Crippen molar-refractivity contribution >= 4 is 11.9 Å². The number of piperazine rings is 1. The Labute approximate surface area is 187 Å². The summed E-state index contributed by atoms with van der Waals surface area (Å²) < 4.78 is 0. The highest BCUT2D eigenvalue weighted by molar-refractivity contribution is 5.97. The van der Waals surface area contributed by atoms with Crippen molar-refractivity contribution in [1.82, 2.24) is 20.2 Å².